The van der Waals surface area contributed by atoms with Crippen molar-refractivity contribution in [3.63, 3.8) is 0 Å². The highest BCUT2D eigenvalue weighted by Crippen LogP contribution is 2.26. The molecule has 0 saturated heterocycles. The van der Waals surface area contributed by atoms with Crippen LogP contribution in [0.25, 0.3) is 0 Å². The Balaban J connectivity index is 6.40. The Morgan fingerprint density at radius 2 is 1.19 bits per heavy atom. The van der Waals surface area contributed by atoms with Crippen LogP contribution in [0.5, 0.6) is 0 Å². The summed E-state index contributed by atoms with van der Waals surface area (Å²) in [5.41, 5.74) is -2.69. The smallest absolute Gasteiger partial charge is 0.333 e. The molecule has 0 aliphatic rings. The lowest BCUT2D eigenvalue weighted by molar-refractivity contribution is -0.150. The number of urea groups is 3. The van der Waals surface area contributed by atoms with Crippen molar-refractivity contribution in [1.82, 2.24) is 50.7 Å². The van der Waals surface area contributed by atoms with Gasteiger partial charge in [-0.25, -0.2) is 19.3 Å². The van der Waals surface area contributed by atoms with Crippen LogP contribution in [0, 0.1) is 11.8 Å². The number of carbonyl (C=O) groups is 9. The van der Waals surface area contributed by atoms with Crippen LogP contribution in [0.15, 0.2) is 0 Å². The Kier molecular flexibility index (Phi) is 27.8. The first-order valence-electron chi connectivity index (χ1n) is 22.9. The quantitative estimate of drug-likeness (QED) is 0.0859. The number of ether oxygens (including phenoxy) is 1. The number of thioether (sulfide) groups is 2. The first-order chi connectivity index (χ1) is 31.0. The number of carbonyl (C=O) groups excluding carboxylic acids is 9. The van der Waals surface area contributed by atoms with E-state index in [9.17, 15) is 43.2 Å². The van der Waals surface area contributed by atoms with E-state index in [1.54, 1.807) is 20.9 Å². The Labute approximate surface area is 408 Å². The third-order valence-electron chi connectivity index (χ3n) is 11.2. The highest BCUT2D eigenvalue weighted by Gasteiger charge is 2.42. The van der Waals surface area contributed by atoms with Crippen molar-refractivity contribution in [3.8, 4) is 0 Å². The van der Waals surface area contributed by atoms with Gasteiger partial charge < -0.3 is 39.9 Å². The maximum absolute atomic E-state index is 14.4. The topological polar surface area (TPSA) is 230 Å². The molecule has 0 aromatic rings. The zero-order chi connectivity index (χ0) is 52.1. The molecule has 22 heteroatoms. The van der Waals surface area contributed by atoms with Crippen LogP contribution in [0.4, 0.5) is 14.4 Å². The number of nitrogens with one attached hydrogen (secondary N) is 4. The second kappa shape index (κ2) is 29.7. The number of rotatable bonds is 27. The van der Waals surface area contributed by atoms with Crippen molar-refractivity contribution in [2.24, 2.45) is 11.8 Å². The van der Waals surface area contributed by atoms with Crippen LogP contribution in [0.3, 0.4) is 0 Å². The molecule has 0 aliphatic carbocycles. The van der Waals surface area contributed by atoms with Crippen LogP contribution in [-0.2, 0) is 33.5 Å². The van der Waals surface area contributed by atoms with Gasteiger partial charge in [-0.3, -0.25) is 39.4 Å². The summed E-state index contributed by atoms with van der Waals surface area (Å²) < 4.78 is 5.98. The van der Waals surface area contributed by atoms with Gasteiger partial charge in [0.2, 0.25) is 23.6 Å². The van der Waals surface area contributed by atoms with Gasteiger partial charge >= 0.3 is 18.1 Å². The molecule has 0 aromatic heterocycles. The van der Waals surface area contributed by atoms with E-state index in [2.05, 4.69) is 20.9 Å². The largest absolute Gasteiger partial charge is 0.365 e. The van der Waals surface area contributed by atoms with E-state index in [1.165, 1.54) is 85.2 Å². The van der Waals surface area contributed by atoms with Crippen molar-refractivity contribution in [1.29, 1.82) is 0 Å². The van der Waals surface area contributed by atoms with E-state index in [-0.39, 0.29) is 48.9 Å². The normalized spacial score (nSPS) is 13.5. The number of likely N-dealkylation sites (N-methyl/N-ethyl adjacent to an activating group) is 5. The zero-order valence-corrected chi connectivity index (χ0v) is 45.3. The third kappa shape index (κ3) is 20.5. The molecular formula is C45H84N10O10S2. The van der Waals surface area contributed by atoms with Crippen LogP contribution >= 0.6 is 23.5 Å². The zero-order valence-electron chi connectivity index (χ0n) is 43.6. The Hall–Kier alpha value is -4.15. The summed E-state index contributed by atoms with van der Waals surface area (Å²) in [6, 6.07) is -6.78. The first-order valence-corrected chi connectivity index (χ1v) is 25.4. The SMILES string of the molecule is CCCC(=O)N(C)[C@H](SCCN(CC)CC)C(=O)N(C)[C@@H](CC(C)(C)OCSC)C(=O)NC(=O)N(C)C(=O)NC(=O)NC(C)(C)C(=O)N(C)[C@@H](CC(C)C)C(=O)N(C)[C@@H](CC(C)C)C(=O)NC. The third-order valence-corrected chi connectivity index (χ3v) is 12.8. The van der Waals surface area contributed by atoms with Gasteiger partial charge in [0.1, 0.15) is 23.7 Å². The summed E-state index contributed by atoms with van der Waals surface area (Å²) in [7, 11) is 8.40. The molecular weight excluding hydrogens is 905 g/mol. The molecule has 4 atom stereocenters. The van der Waals surface area contributed by atoms with Crippen LogP contribution in [0.2, 0.25) is 0 Å². The van der Waals surface area contributed by atoms with Gasteiger partial charge in [0.15, 0.2) is 5.37 Å². The average Bonchev–Trinajstić information content (AvgIpc) is 3.25. The molecule has 0 bridgehead atoms. The number of amides is 12. The summed E-state index contributed by atoms with van der Waals surface area (Å²) in [4.78, 5) is 130. The summed E-state index contributed by atoms with van der Waals surface area (Å²) in [6.45, 7) is 22.0. The molecule has 0 rings (SSSR count). The monoisotopic (exact) mass is 989 g/mol. The van der Waals surface area contributed by atoms with Crippen LogP contribution < -0.4 is 21.3 Å². The van der Waals surface area contributed by atoms with E-state index in [0.717, 1.165) is 20.1 Å². The molecule has 4 N–H and O–H groups in total. The molecule has 0 aliphatic heterocycles. The van der Waals surface area contributed by atoms with E-state index < -0.39 is 76.4 Å². The molecule has 0 radical (unpaired) electrons. The lowest BCUT2D eigenvalue weighted by Crippen LogP contribution is -2.63. The molecule has 20 nitrogen and oxygen atoms in total. The van der Waals surface area contributed by atoms with E-state index in [0.29, 0.717) is 30.0 Å². The molecule has 67 heavy (non-hydrogen) atoms. The molecule has 386 valence electrons. The second-order valence-electron chi connectivity index (χ2n) is 18.6. The van der Waals surface area contributed by atoms with E-state index >= 15 is 0 Å². The fraction of sp³-hybridized carbons (Fsp3) is 0.800. The second-order valence-corrected chi connectivity index (χ2v) is 20.6. The lowest BCUT2D eigenvalue weighted by Gasteiger charge is -2.38. The Bertz CT molecular complexity index is 1680. The Morgan fingerprint density at radius 1 is 0.672 bits per heavy atom. The van der Waals surface area contributed by atoms with Gasteiger partial charge in [-0.05, 0) is 78.1 Å². The Morgan fingerprint density at radius 3 is 1.69 bits per heavy atom. The standard InChI is InChI=1S/C45H84N10O10S2/c1-19-22-34(56)53(16)39(67-24-23-55(20-2)21-3)38(60)51(14)33(27-44(8,9)65-28-66-18)36(58)47-42(63)54(17)43(64)48-41(62)49-45(10,11)40(61)52(15)32(26-30(6)7)37(59)50(13)31(25-29(4)5)35(57)46-12/h29-33,39H,19-28H2,1-18H3,(H,46,57)(H,47,58,63)(H2,48,49,62,64)/t31-,32-,33-,39+/m0/s1. The summed E-state index contributed by atoms with van der Waals surface area (Å²) >= 11 is 2.68. The lowest BCUT2D eigenvalue weighted by atomic mass is 9.96. The summed E-state index contributed by atoms with van der Waals surface area (Å²) in [5.74, 6) is -2.43. The maximum Gasteiger partial charge on any atom is 0.333 e. The maximum atomic E-state index is 14.4. The summed E-state index contributed by atoms with van der Waals surface area (Å²) in [5, 5.41) is 8.22. The minimum Gasteiger partial charge on any atom is -0.365 e. The van der Waals surface area contributed by atoms with Gasteiger partial charge in [0.05, 0.1) is 11.5 Å². The van der Waals surface area contributed by atoms with Gasteiger partial charge in [-0.1, -0.05) is 48.5 Å². The summed E-state index contributed by atoms with van der Waals surface area (Å²) in [6.07, 6.45) is 3.16. The minimum absolute atomic E-state index is 0.0469. The number of hydrogen-bond donors (Lipinski definition) is 4. The molecule has 0 aromatic carbocycles. The van der Waals surface area contributed by atoms with Crippen molar-refractivity contribution in [2.75, 3.05) is 79.9 Å². The van der Waals surface area contributed by atoms with Crippen molar-refractivity contribution in [3.05, 3.63) is 0 Å². The molecule has 0 unspecified atom stereocenters. The van der Waals surface area contributed by atoms with Crippen LogP contribution in [0.1, 0.15) is 108 Å². The van der Waals surface area contributed by atoms with Gasteiger partial charge in [-0.15, -0.1) is 23.5 Å². The van der Waals surface area contributed by atoms with Gasteiger partial charge in [0.25, 0.3) is 11.8 Å². The molecule has 12 amide bonds. The predicted octanol–water partition coefficient (Wildman–Crippen LogP) is 3.84. The highest BCUT2D eigenvalue weighted by atomic mass is 32.2. The number of imide groups is 3. The van der Waals surface area contributed by atoms with Crippen molar-refractivity contribution >= 4 is 77.1 Å². The minimum atomic E-state index is -1.70. The van der Waals surface area contributed by atoms with Crippen molar-refractivity contribution in [2.45, 2.75) is 143 Å². The van der Waals surface area contributed by atoms with Crippen molar-refractivity contribution < 1.29 is 47.9 Å². The fourth-order valence-corrected chi connectivity index (χ4v) is 8.66. The predicted molar refractivity (Wildman–Crippen MR) is 265 cm³/mol. The van der Waals surface area contributed by atoms with Gasteiger partial charge in [-0.2, -0.15) is 0 Å². The fourth-order valence-electron chi connectivity index (χ4n) is 6.99. The van der Waals surface area contributed by atoms with Gasteiger partial charge in [0, 0.05) is 67.4 Å². The van der Waals surface area contributed by atoms with E-state index in [4.69, 9.17) is 4.74 Å². The van der Waals surface area contributed by atoms with E-state index in [1.807, 2.05) is 60.0 Å². The number of nitrogens with zero attached hydrogens (tertiary/aromatic N) is 6. The molecule has 0 saturated carbocycles. The van der Waals surface area contributed by atoms with Crippen LogP contribution in [-0.4, -0.2) is 197 Å². The molecule has 0 spiro atoms. The average molecular weight is 989 g/mol. The molecule has 0 heterocycles. The first kappa shape index (κ1) is 62.8. The highest BCUT2D eigenvalue weighted by molar-refractivity contribution is 8.00. The number of hydrogen-bond acceptors (Lipinski definition) is 13. The molecule has 0 fully saturated rings.